The number of carbonyl (C=O) groups excluding carboxylic acids is 1. The normalized spacial score (nSPS) is 18.0. The van der Waals surface area contributed by atoms with Gasteiger partial charge >= 0.3 is 12.0 Å². The molecule has 0 radical (unpaired) electrons. The minimum absolute atomic E-state index is 0.135. The lowest BCUT2D eigenvalue weighted by molar-refractivity contribution is -0.137. The van der Waals surface area contributed by atoms with Crippen molar-refractivity contribution in [3.8, 4) is 0 Å². The number of likely N-dealkylation sites (tertiary alicyclic amines) is 1. The van der Waals surface area contributed by atoms with Crippen molar-refractivity contribution in [2.24, 2.45) is 5.92 Å². The zero-order chi connectivity index (χ0) is 15.4. The molecule has 0 aliphatic carbocycles. The molecule has 21 heavy (non-hydrogen) atoms. The Balaban J connectivity index is 1.85. The van der Waals surface area contributed by atoms with Crippen LogP contribution in [0.5, 0.6) is 0 Å². The Hall–Kier alpha value is -1.63. The van der Waals surface area contributed by atoms with E-state index in [0.29, 0.717) is 24.6 Å². The number of hydrogen-bond acceptors (Lipinski definition) is 4. The largest absolute Gasteiger partial charge is 0.481 e. The summed E-state index contributed by atoms with van der Waals surface area (Å²) in [6, 6.07) is -0.135. The zero-order valence-corrected chi connectivity index (χ0v) is 13.2. The Morgan fingerprint density at radius 1 is 1.52 bits per heavy atom. The number of rotatable bonds is 5. The van der Waals surface area contributed by atoms with E-state index in [1.165, 1.54) is 11.3 Å². The second kappa shape index (κ2) is 6.89. The minimum atomic E-state index is -0.775. The van der Waals surface area contributed by atoms with Gasteiger partial charge in [-0.15, -0.1) is 11.3 Å². The van der Waals surface area contributed by atoms with E-state index in [1.54, 1.807) is 4.90 Å². The van der Waals surface area contributed by atoms with Crippen LogP contribution in [-0.2, 0) is 11.2 Å². The van der Waals surface area contributed by atoms with Crippen LogP contribution in [0, 0.1) is 12.8 Å². The highest BCUT2D eigenvalue weighted by Crippen LogP contribution is 2.25. The molecule has 1 unspecified atom stereocenters. The van der Waals surface area contributed by atoms with Gasteiger partial charge in [0.05, 0.1) is 5.69 Å². The van der Waals surface area contributed by atoms with Crippen molar-refractivity contribution in [3.05, 3.63) is 10.6 Å². The van der Waals surface area contributed by atoms with Crippen LogP contribution in [0.1, 0.15) is 36.8 Å². The third-order valence-electron chi connectivity index (χ3n) is 3.78. The molecule has 0 spiro atoms. The molecule has 1 fully saturated rings. The number of urea groups is 1. The summed E-state index contributed by atoms with van der Waals surface area (Å²) in [5.41, 5.74) is 1.02. The van der Waals surface area contributed by atoms with E-state index in [2.05, 4.69) is 10.3 Å². The smallest absolute Gasteiger partial charge is 0.323 e. The summed E-state index contributed by atoms with van der Waals surface area (Å²) in [5.74, 6) is -0.487. The van der Waals surface area contributed by atoms with Gasteiger partial charge in [-0.3, -0.25) is 10.1 Å². The molecule has 0 aromatic carbocycles. The molecular formula is C14H21N3O3S. The molecule has 2 rings (SSSR count). The molecule has 1 aromatic rings. The van der Waals surface area contributed by atoms with Gasteiger partial charge in [0.1, 0.15) is 0 Å². The molecule has 0 bridgehead atoms. The van der Waals surface area contributed by atoms with Gasteiger partial charge in [0.2, 0.25) is 0 Å². The molecule has 6 nitrogen and oxygen atoms in total. The molecule has 1 atom stereocenters. The van der Waals surface area contributed by atoms with Gasteiger partial charge in [0.25, 0.3) is 0 Å². The molecule has 2 N–H and O–H groups in total. The second-order valence-electron chi connectivity index (χ2n) is 5.34. The number of amides is 2. The van der Waals surface area contributed by atoms with Crippen molar-refractivity contribution in [2.45, 2.75) is 39.5 Å². The van der Waals surface area contributed by atoms with E-state index in [9.17, 15) is 9.59 Å². The van der Waals surface area contributed by atoms with E-state index in [1.807, 2.05) is 13.8 Å². The van der Waals surface area contributed by atoms with Crippen LogP contribution in [0.2, 0.25) is 0 Å². The van der Waals surface area contributed by atoms with Crippen molar-refractivity contribution in [3.63, 3.8) is 0 Å². The van der Waals surface area contributed by atoms with Crippen molar-refractivity contribution < 1.29 is 14.7 Å². The molecule has 1 aliphatic rings. The monoisotopic (exact) mass is 311 g/mol. The Kier molecular flexibility index (Phi) is 5.17. The van der Waals surface area contributed by atoms with Crippen molar-refractivity contribution in [1.82, 2.24) is 9.88 Å². The lowest BCUT2D eigenvalue weighted by atomic mass is 10.0. The van der Waals surface area contributed by atoms with Crippen LogP contribution in [0.4, 0.5) is 9.93 Å². The summed E-state index contributed by atoms with van der Waals surface area (Å²) >= 11 is 1.49. The molecule has 7 heteroatoms. The van der Waals surface area contributed by atoms with E-state index >= 15 is 0 Å². The average molecular weight is 311 g/mol. The van der Waals surface area contributed by atoms with Crippen LogP contribution < -0.4 is 5.32 Å². The van der Waals surface area contributed by atoms with Gasteiger partial charge in [0, 0.05) is 24.4 Å². The molecule has 2 heterocycles. The average Bonchev–Trinajstić information content (AvgIpc) is 3.03. The third kappa shape index (κ3) is 4.17. The lowest BCUT2D eigenvalue weighted by Gasteiger charge is -2.16. The maximum atomic E-state index is 12.2. The van der Waals surface area contributed by atoms with Gasteiger partial charge in [-0.1, -0.05) is 6.92 Å². The highest BCUT2D eigenvalue weighted by Gasteiger charge is 2.27. The first-order valence-corrected chi connectivity index (χ1v) is 8.05. The van der Waals surface area contributed by atoms with E-state index in [4.69, 9.17) is 5.11 Å². The van der Waals surface area contributed by atoms with Crippen molar-refractivity contribution in [1.29, 1.82) is 0 Å². The van der Waals surface area contributed by atoms with Gasteiger partial charge in [0.15, 0.2) is 5.13 Å². The number of aryl methyl sites for hydroxylation is 2. The van der Waals surface area contributed by atoms with Crippen LogP contribution in [0.15, 0.2) is 0 Å². The van der Waals surface area contributed by atoms with E-state index in [-0.39, 0.29) is 18.4 Å². The Morgan fingerprint density at radius 3 is 2.90 bits per heavy atom. The fourth-order valence-electron chi connectivity index (χ4n) is 2.56. The number of thiazole rings is 1. The number of carbonyl (C=O) groups is 2. The van der Waals surface area contributed by atoms with Gasteiger partial charge in [-0.05, 0) is 32.1 Å². The first-order chi connectivity index (χ1) is 9.99. The summed E-state index contributed by atoms with van der Waals surface area (Å²) in [6.45, 7) is 5.36. The van der Waals surface area contributed by atoms with Crippen LogP contribution in [0.3, 0.4) is 0 Å². The quantitative estimate of drug-likeness (QED) is 0.876. The van der Waals surface area contributed by atoms with Crippen molar-refractivity contribution >= 4 is 28.5 Å². The van der Waals surface area contributed by atoms with Crippen molar-refractivity contribution in [2.75, 3.05) is 18.4 Å². The first-order valence-electron chi connectivity index (χ1n) is 7.23. The molecule has 1 saturated heterocycles. The van der Waals surface area contributed by atoms with Crippen LogP contribution >= 0.6 is 11.3 Å². The highest BCUT2D eigenvalue weighted by molar-refractivity contribution is 7.15. The van der Waals surface area contributed by atoms with E-state index < -0.39 is 5.97 Å². The standard InChI is InChI=1S/C14H21N3O3S/c1-3-11-9(2)21-13(15-11)16-14(20)17-7-6-10(8-17)4-5-12(18)19/h10H,3-8H2,1-2H3,(H,18,19)(H,15,16,20). The predicted octanol–water partition coefficient (Wildman–Crippen LogP) is 2.73. The van der Waals surface area contributed by atoms with Crippen LogP contribution in [-0.4, -0.2) is 40.1 Å². The molecule has 2 amide bonds. The van der Waals surface area contributed by atoms with Gasteiger partial charge in [-0.25, -0.2) is 9.78 Å². The number of carboxylic acids is 1. The fraction of sp³-hybridized carbons (Fsp3) is 0.643. The van der Waals surface area contributed by atoms with E-state index in [0.717, 1.165) is 23.4 Å². The summed E-state index contributed by atoms with van der Waals surface area (Å²) in [5, 5.41) is 12.2. The predicted molar refractivity (Wildman–Crippen MR) is 81.8 cm³/mol. The summed E-state index contributed by atoms with van der Waals surface area (Å²) in [4.78, 5) is 30.0. The third-order valence-corrected chi connectivity index (χ3v) is 4.71. The number of carboxylic acid groups (broad SMARTS) is 1. The molecular weight excluding hydrogens is 290 g/mol. The summed E-state index contributed by atoms with van der Waals surface area (Å²) in [7, 11) is 0. The fourth-order valence-corrected chi connectivity index (χ4v) is 3.45. The maximum absolute atomic E-state index is 12.2. The number of nitrogens with one attached hydrogen (secondary N) is 1. The SMILES string of the molecule is CCc1nc(NC(=O)N2CCC(CCC(=O)O)C2)sc1C. The second-order valence-corrected chi connectivity index (χ2v) is 6.54. The Morgan fingerprint density at radius 2 is 2.29 bits per heavy atom. The number of hydrogen-bond donors (Lipinski definition) is 2. The minimum Gasteiger partial charge on any atom is -0.481 e. The molecule has 1 aromatic heterocycles. The molecule has 116 valence electrons. The topological polar surface area (TPSA) is 82.5 Å². The number of aromatic nitrogens is 1. The molecule has 1 aliphatic heterocycles. The van der Waals surface area contributed by atoms with Crippen LogP contribution in [0.25, 0.3) is 0 Å². The number of anilines is 1. The summed E-state index contributed by atoms with van der Waals surface area (Å²) in [6.07, 6.45) is 2.54. The molecule has 0 saturated carbocycles. The first kappa shape index (κ1) is 15.8. The van der Waals surface area contributed by atoms with Gasteiger partial charge < -0.3 is 10.0 Å². The number of nitrogens with zero attached hydrogens (tertiary/aromatic N) is 2. The zero-order valence-electron chi connectivity index (χ0n) is 12.4. The number of aliphatic carboxylic acids is 1. The maximum Gasteiger partial charge on any atom is 0.323 e. The highest BCUT2D eigenvalue weighted by atomic mass is 32.1. The summed E-state index contributed by atoms with van der Waals surface area (Å²) < 4.78 is 0. The van der Waals surface area contributed by atoms with Gasteiger partial charge in [-0.2, -0.15) is 0 Å². The lowest BCUT2D eigenvalue weighted by Crippen LogP contribution is -2.33. The Bertz CT molecular complexity index is 530. The Labute approximate surface area is 128 Å².